The van der Waals surface area contributed by atoms with Crippen molar-refractivity contribution in [3.8, 4) is 0 Å². The maximum Gasteiger partial charge on any atom is 0.141 e. The third kappa shape index (κ3) is 0.665. The highest BCUT2D eigenvalue weighted by molar-refractivity contribution is 4.84. The van der Waals surface area contributed by atoms with Crippen molar-refractivity contribution in [1.29, 1.82) is 0 Å². The van der Waals surface area contributed by atoms with E-state index >= 15 is 0 Å². The van der Waals surface area contributed by atoms with Crippen LogP contribution in [-0.4, -0.2) is 16.8 Å². The largest absolute Gasteiger partial charge is 0.416 e. The molecule has 0 fully saturated rings. The minimum atomic E-state index is 0.868. The van der Waals surface area contributed by atoms with E-state index in [-0.39, 0.29) is 0 Å². The van der Waals surface area contributed by atoms with Crippen LogP contribution in [0.15, 0.2) is 12.4 Å². The van der Waals surface area contributed by atoms with Crippen LogP contribution in [0, 0.1) is 6.92 Å². The molecule has 1 heterocycles. The number of imidazole rings is 1. The number of rotatable bonds is 1. The normalized spacial score (nSPS) is 9.25. The number of hydrogen-bond donors (Lipinski definition) is 0. The Morgan fingerprint density at radius 3 is 2.75 bits per heavy atom. The number of aromatic nitrogens is 2. The Hall–Kier alpha value is -0.990. The van der Waals surface area contributed by atoms with Crippen molar-refractivity contribution < 1.29 is 4.84 Å². The molecule has 0 atom stereocenters. The van der Waals surface area contributed by atoms with Gasteiger partial charge in [0, 0.05) is 6.20 Å². The number of hydrogen-bond acceptors (Lipinski definition) is 2. The SMILES string of the molecule is COn1ccnc1C. The van der Waals surface area contributed by atoms with Crippen LogP contribution in [-0.2, 0) is 0 Å². The van der Waals surface area contributed by atoms with Crippen molar-refractivity contribution in [3.63, 3.8) is 0 Å². The lowest BCUT2D eigenvalue weighted by atomic mass is 10.7. The first-order chi connectivity index (χ1) is 3.84. The van der Waals surface area contributed by atoms with Gasteiger partial charge in [0.2, 0.25) is 0 Å². The van der Waals surface area contributed by atoms with E-state index in [1.165, 1.54) is 0 Å². The van der Waals surface area contributed by atoms with Crippen LogP contribution in [0.3, 0.4) is 0 Å². The Morgan fingerprint density at radius 1 is 1.75 bits per heavy atom. The molecule has 1 aromatic rings. The Balaban J connectivity index is 2.92. The second-order valence-electron chi connectivity index (χ2n) is 1.48. The van der Waals surface area contributed by atoms with Gasteiger partial charge in [0.1, 0.15) is 12.9 Å². The molecule has 0 spiro atoms. The average molecular weight is 112 g/mol. The third-order valence-corrected chi connectivity index (χ3v) is 0.979. The Morgan fingerprint density at radius 2 is 2.50 bits per heavy atom. The van der Waals surface area contributed by atoms with Crippen molar-refractivity contribution in [2.24, 2.45) is 0 Å². The van der Waals surface area contributed by atoms with Crippen LogP contribution in [0.1, 0.15) is 5.82 Å². The predicted molar refractivity (Wildman–Crippen MR) is 29.5 cm³/mol. The van der Waals surface area contributed by atoms with E-state index in [1.54, 1.807) is 24.2 Å². The number of nitrogens with zero attached hydrogens (tertiary/aromatic N) is 2. The zero-order valence-corrected chi connectivity index (χ0v) is 4.96. The highest BCUT2D eigenvalue weighted by atomic mass is 16.6. The summed E-state index contributed by atoms with van der Waals surface area (Å²) < 4.78 is 1.60. The minimum Gasteiger partial charge on any atom is -0.416 e. The smallest absolute Gasteiger partial charge is 0.141 e. The molecule has 1 aromatic heterocycles. The Labute approximate surface area is 47.9 Å². The van der Waals surface area contributed by atoms with Crippen LogP contribution in [0.2, 0.25) is 0 Å². The van der Waals surface area contributed by atoms with Crippen molar-refractivity contribution >= 4 is 0 Å². The van der Waals surface area contributed by atoms with Crippen LogP contribution in [0.25, 0.3) is 0 Å². The lowest BCUT2D eigenvalue weighted by molar-refractivity contribution is 0.161. The van der Waals surface area contributed by atoms with Gasteiger partial charge < -0.3 is 4.84 Å². The molecule has 1 rings (SSSR count). The molecule has 0 saturated carbocycles. The fraction of sp³-hybridized carbons (Fsp3) is 0.400. The van der Waals surface area contributed by atoms with Crippen molar-refractivity contribution in [2.75, 3.05) is 7.11 Å². The van der Waals surface area contributed by atoms with Crippen LogP contribution in [0.4, 0.5) is 0 Å². The van der Waals surface area contributed by atoms with Crippen molar-refractivity contribution in [3.05, 3.63) is 18.2 Å². The molecule has 0 amide bonds. The molecule has 0 saturated heterocycles. The zero-order chi connectivity index (χ0) is 5.98. The average Bonchev–Trinajstić information content (AvgIpc) is 2.14. The summed E-state index contributed by atoms with van der Waals surface area (Å²) in [6.07, 6.45) is 3.45. The summed E-state index contributed by atoms with van der Waals surface area (Å²) in [6.45, 7) is 1.88. The molecule has 0 bridgehead atoms. The predicted octanol–water partition coefficient (Wildman–Crippen LogP) is 0.250. The molecule has 0 unspecified atom stereocenters. The minimum absolute atomic E-state index is 0.868. The summed E-state index contributed by atoms with van der Waals surface area (Å²) in [5.41, 5.74) is 0. The van der Waals surface area contributed by atoms with Gasteiger partial charge in [0.15, 0.2) is 0 Å². The van der Waals surface area contributed by atoms with Gasteiger partial charge in [-0.25, -0.2) is 4.98 Å². The number of aryl methyl sites for hydroxylation is 1. The monoisotopic (exact) mass is 112 g/mol. The molecule has 0 aromatic carbocycles. The summed E-state index contributed by atoms with van der Waals surface area (Å²) >= 11 is 0. The fourth-order valence-corrected chi connectivity index (χ4v) is 0.559. The molecule has 3 nitrogen and oxygen atoms in total. The van der Waals surface area contributed by atoms with Gasteiger partial charge in [-0.1, -0.05) is 0 Å². The summed E-state index contributed by atoms with van der Waals surface area (Å²) in [4.78, 5) is 8.76. The van der Waals surface area contributed by atoms with E-state index in [0.29, 0.717) is 0 Å². The standard InChI is InChI=1S/C5H8N2O/c1-5-6-3-4-7(5)8-2/h3-4H,1-2H3. The first-order valence-electron chi connectivity index (χ1n) is 2.39. The van der Waals surface area contributed by atoms with E-state index in [9.17, 15) is 0 Å². The molecule has 0 N–H and O–H groups in total. The second-order valence-corrected chi connectivity index (χ2v) is 1.48. The molecular formula is C5H8N2O. The molecule has 3 heteroatoms. The molecule has 0 aliphatic rings. The highest BCUT2D eigenvalue weighted by Gasteiger charge is 1.89. The molecule has 8 heavy (non-hydrogen) atoms. The van der Waals surface area contributed by atoms with Gasteiger partial charge in [-0.2, -0.15) is 4.73 Å². The van der Waals surface area contributed by atoms with E-state index in [4.69, 9.17) is 4.84 Å². The second kappa shape index (κ2) is 1.86. The molecule has 0 aliphatic carbocycles. The third-order valence-electron chi connectivity index (χ3n) is 0.979. The van der Waals surface area contributed by atoms with E-state index in [2.05, 4.69) is 4.98 Å². The van der Waals surface area contributed by atoms with Crippen molar-refractivity contribution in [2.45, 2.75) is 6.92 Å². The summed E-state index contributed by atoms with van der Waals surface area (Å²) in [5.74, 6) is 0.868. The lowest BCUT2D eigenvalue weighted by Gasteiger charge is -1.98. The Kier molecular flexibility index (Phi) is 1.20. The lowest BCUT2D eigenvalue weighted by Crippen LogP contribution is -2.05. The van der Waals surface area contributed by atoms with Crippen LogP contribution in [0.5, 0.6) is 0 Å². The van der Waals surface area contributed by atoms with Gasteiger partial charge in [-0.05, 0) is 6.92 Å². The first kappa shape index (κ1) is 5.15. The van der Waals surface area contributed by atoms with Crippen LogP contribution >= 0.6 is 0 Å². The quantitative estimate of drug-likeness (QED) is 0.520. The summed E-state index contributed by atoms with van der Waals surface area (Å²) in [6, 6.07) is 0. The molecule has 44 valence electrons. The molecule has 0 aliphatic heterocycles. The van der Waals surface area contributed by atoms with Gasteiger partial charge in [0.05, 0.1) is 6.20 Å². The summed E-state index contributed by atoms with van der Waals surface area (Å²) in [7, 11) is 1.61. The van der Waals surface area contributed by atoms with Crippen LogP contribution < -0.4 is 4.84 Å². The molecule has 0 radical (unpaired) electrons. The topological polar surface area (TPSA) is 27.1 Å². The van der Waals surface area contributed by atoms with Crippen molar-refractivity contribution in [1.82, 2.24) is 9.71 Å². The van der Waals surface area contributed by atoms with E-state index < -0.39 is 0 Å². The molecular weight excluding hydrogens is 104 g/mol. The van der Waals surface area contributed by atoms with Gasteiger partial charge in [-0.15, -0.1) is 0 Å². The van der Waals surface area contributed by atoms with Gasteiger partial charge >= 0.3 is 0 Å². The Bertz CT molecular complexity index is 171. The summed E-state index contributed by atoms with van der Waals surface area (Å²) in [5, 5.41) is 0. The van der Waals surface area contributed by atoms with Gasteiger partial charge in [0.25, 0.3) is 0 Å². The van der Waals surface area contributed by atoms with E-state index in [1.807, 2.05) is 6.92 Å². The highest BCUT2D eigenvalue weighted by Crippen LogP contribution is 1.88. The van der Waals surface area contributed by atoms with E-state index in [0.717, 1.165) is 5.82 Å². The first-order valence-corrected chi connectivity index (χ1v) is 2.39. The maximum atomic E-state index is 4.84. The fourth-order valence-electron chi connectivity index (χ4n) is 0.559. The maximum absolute atomic E-state index is 4.84. The zero-order valence-electron chi connectivity index (χ0n) is 4.96. The van der Waals surface area contributed by atoms with Gasteiger partial charge in [-0.3, -0.25) is 0 Å².